The number of ketones is 1. The molecule has 10 heteroatoms. The third-order valence-electron chi connectivity index (χ3n) is 6.42. The second kappa shape index (κ2) is 7.36. The molecule has 1 saturated carbocycles. The van der Waals surface area contributed by atoms with Crippen LogP contribution in [0.25, 0.3) is 16.7 Å². The van der Waals surface area contributed by atoms with Crippen molar-refractivity contribution in [3.63, 3.8) is 0 Å². The maximum absolute atomic E-state index is 13.5. The molecule has 2 aliphatic rings. The number of imidazole rings is 1. The first-order valence-corrected chi connectivity index (χ1v) is 10.5. The molecule has 0 radical (unpaired) electrons. The zero-order chi connectivity index (χ0) is 23.4. The third kappa shape index (κ3) is 3.51. The van der Waals surface area contributed by atoms with Gasteiger partial charge in [-0.05, 0) is 49.2 Å². The molecule has 1 aliphatic heterocycles. The van der Waals surface area contributed by atoms with Crippen LogP contribution >= 0.6 is 0 Å². The summed E-state index contributed by atoms with van der Waals surface area (Å²) in [6, 6.07) is 12.7. The Balaban J connectivity index is 1.33. The lowest BCUT2D eigenvalue weighted by Gasteiger charge is -2.34. The minimum atomic E-state index is -2.85. The van der Waals surface area contributed by atoms with Crippen LogP contribution in [0.3, 0.4) is 0 Å². The highest BCUT2D eigenvalue weighted by Crippen LogP contribution is 2.41. The van der Waals surface area contributed by atoms with Gasteiger partial charge in [-0.15, -0.1) is 0 Å². The molecule has 2 N–H and O–H groups in total. The van der Waals surface area contributed by atoms with E-state index in [9.17, 15) is 28.0 Å². The predicted octanol–water partition coefficient (Wildman–Crippen LogP) is 3.00. The van der Waals surface area contributed by atoms with E-state index in [4.69, 9.17) is 0 Å². The molecule has 3 aromatic rings. The van der Waals surface area contributed by atoms with Crippen LogP contribution in [0.4, 0.5) is 13.6 Å². The number of aromatic nitrogens is 2. The summed E-state index contributed by atoms with van der Waals surface area (Å²) >= 11 is 0. The molecule has 5 rings (SSSR count). The van der Waals surface area contributed by atoms with Gasteiger partial charge in [0.1, 0.15) is 5.54 Å². The lowest BCUT2D eigenvalue weighted by molar-refractivity contribution is -0.135. The number of carbonyl (C=O) groups excluding carboxylic acids is 3. The second-order valence-electron chi connectivity index (χ2n) is 8.51. The van der Waals surface area contributed by atoms with Crippen LogP contribution in [0.15, 0.2) is 53.3 Å². The van der Waals surface area contributed by atoms with E-state index >= 15 is 0 Å². The summed E-state index contributed by atoms with van der Waals surface area (Å²) in [5, 5.41) is 2.52. The number of fused-ring (bicyclic) bond motifs is 1. The van der Waals surface area contributed by atoms with Crippen LogP contribution in [0, 0.1) is 0 Å². The first-order chi connectivity index (χ1) is 15.7. The van der Waals surface area contributed by atoms with Crippen molar-refractivity contribution in [2.24, 2.45) is 0 Å². The monoisotopic (exact) mass is 454 g/mol. The molecule has 3 amide bonds. The largest absolute Gasteiger partial charge is 0.331 e. The number of imide groups is 1. The molecule has 170 valence electrons. The van der Waals surface area contributed by atoms with E-state index in [0.29, 0.717) is 16.7 Å². The highest BCUT2D eigenvalue weighted by Gasteiger charge is 2.55. The topological polar surface area (TPSA) is 104 Å². The van der Waals surface area contributed by atoms with Crippen LogP contribution in [0.5, 0.6) is 0 Å². The van der Waals surface area contributed by atoms with E-state index in [0.717, 1.165) is 4.90 Å². The Morgan fingerprint density at radius 1 is 0.939 bits per heavy atom. The summed E-state index contributed by atoms with van der Waals surface area (Å²) in [4.78, 5) is 53.9. The molecule has 0 atom stereocenters. The summed E-state index contributed by atoms with van der Waals surface area (Å²) < 4.78 is 28.5. The molecule has 8 nitrogen and oxygen atoms in total. The van der Waals surface area contributed by atoms with Crippen molar-refractivity contribution in [2.75, 3.05) is 6.54 Å². The number of aromatic amines is 1. The lowest BCUT2D eigenvalue weighted by Crippen LogP contribution is -2.51. The van der Waals surface area contributed by atoms with Gasteiger partial charge in [-0.1, -0.05) is 12.1 Å². The number of rotatable bonds is 4. The molecule has 0 unspecified atom stereocenters. The molecule has 2 heterocycles. The number of alkyl halides is 2. The summed E-state index contributed by atoms with van der Waals surface area (Å²) in [7, 11) is 0. The standard InChI is InChI=1S/C23H20F2N4O4/c24-23(25)11-9-22(10-12-23)19(31)28(21(33)27-22)13-18(30)14-5-7-15(8-6-14)29-17-4-2-1-3-16(17)26-20(29)32/h1-8H,9-13H2,(H,26,32)(H,27,33). The van der Waals surface area contributed by atoms with Crippen molar-refractivity contribution < 1.29 is 23.2 Å². The Kier molecular flexibility index (Phi) is 4.70. The molecular weight excluding hydrogens is 434 g/mol. The van der Waals surface area contributed by atoms with Gasteiger partial charge in [-0.2, -0.15) is 0 Å². The number of urea groups is 1. The smallest absolute Gasteiger partial charge is 0.323 e. The molecule has 2 fully saturated rings. The number of hydrogen-bond donors (Lipinski definition) is 2. The van der Waals surface area contributed by atoms with Gasteiger partial charge >= 0.3 is 11.7 Å². The fraction of sp³-hybridized carbons (Fsp3) is 0.304. The molecule has 1 aliphatic carbocycles. The molecule has 1 aromatic heterocycles. The Hall–Kier alpha value is -3.82. The number of nitrogens with one attached hydrogen (secondary N) is 2. The van der Waals surface area contributed by atoms with E-state index in [1.165, 1.54) is 16.7 Å². The Bertz CT molecular complexity index is 1330. The fourth-order valence-corrected chi connectivity index (χ4v) is 4.54. The van der Waals surface area contributed by atoms with Crippen LogP contribution in [-0.2, 0) is 4.79 Å². The van der Waals surface area contributed by atoms with Crippen LogP contribution in [0.2, 0.25) is 0 Å². The Morgan fingerprint density at radius 2 is 1.61 bits per heavy atom. The van der Waals surface area contributed by atoms with Gasteiger partial charge in [-0.25, -0.2) is 18.4 Å². The highest BCUT2D eigenvalue weighted by atomic mass is 19.3. The van der Waals surface area contributed by atoms with Gasteiger partial charge < -0.3 is 10.3 Å². The van der Waals surface area contributed by atoms with Crippen molar-refractivity contribution in [1.29, 1.82) is 0 Å². The Morgan fingerprint density at radius 3 is 2.30 bits per heavy atom. The molecule has 33 heavy (non-hydrogen) atoms. The molecular formula is C23H20F2N4O4. The number of amides is 3. The van der Waals surface area contributed by atoms with Crippen molar-refractivity contribution in [1.82, 2.24) is 19.8 Å². The first-order valence-electron chi connectivity index (χ1n) is 10.5. The minimum Gasteiger partial charge on any atom is -0.323 e. The SMILES string of the molecule is O=C(CN1C(=O)NC2(CCC(F)(F)CC2)C1=O)c1ccc(-n2c(=O)[nH]c3ccccc32)cc1. The maximum atomic E-state index is 13.5. The molecule has 2 aromatic carbocycles. The summed E-state index contributed by atoms with van der Waals surface area (Å²) in [6.07, 6.45) is -1.31. The first kappa shape index (κ1) is 21.0. The van der Waals surface area contributed by atoms with Gasteiger partial charge in [-0.3, -0.25) is 19.1 Å². The van der Waals surface area contributed by atoms with Crippen LogP contribution < -0.4 is 11.0 Å². The van der Waals surface area contributed by atoms with Crippen molar-refractivity contribution in [2.45, 2.75) is 37.1 Å². The number of benzene rings is 2. The number of halogens is 2. The number of H-pyrrole nitrogens is 1. The second-order valence-corrected chi connectivity index (χ2v) is 8.51. The number of hydrogen-bond acceptors (Lipinski definition) is 4. The van der Waals surface area contributed by atoms with E-state index in [2.05, 4.69) is 10.3 Å². The third-order valence-corrected chi connectivity index (χ3v) is 6.42. The van der Waals surface area contributed by atoms with Gasteiger partial charge in [0.15, 0.2) is 5.78 Å². The fourth-order valence-electron chi connectivity index (χ4n) is 4.54. The number of carbonyl (C=O) groups is 3. The zero-order valence-electron chi connectivity index (χ0n) is 17.4. The molecule has 1 saturated heterocycles. The van der Waals surface area contributed by atoms with E-state index < -0.39 is 48.6 Å². The predicted molar refractivity (Wildman–Crippen MR) is 115 cm³/mol. The summed E-state index contributed by atoms with van der Waals surface area (Å²) in [5.41, 5.74) is 0.478. The number of nitrogens with zero attached hydrogens (tertiary/aromatic N) is 2. The molecule has 0 bridgehead atoms. The Labute approximate surface area is 186 Å². The van der Waals surface area contributed by atoms with Gasteiger partial charge in [0, 0.05) is 18.4 Å². The van der Waals surface area contributed by atoms with Crippen LogP contribution in [0.1, 0.15) is 36.0 Å². The van der Waals surface area contributed by atoms with Crippen molar-refractivity contribution >= 4 is 28.8 Å². The van der Waals surface area contributed by atoms with Crippen LogP contribution in [-0.4, -0.2) is 50.2 Å². The number of Topliss-reactive ketones (excluding diaryl/α,β-unsaturated/α-hetero) is 1. The van der Waals surface area contributed by atoms with Crippen molar-refractivity contribution in [3.05, 3.63) is 64.6 Å². The van der Waals surface area contributed by atoms with E-state index in [1.807, 2.05) is 12.1 Å². The van der Waals surface area contributed by atoms with E-state index in [1.54, 1.807) is 24.3 Å². The highest BCUT2D eigenvalue weighted by molar-refractivity contribution is 6.11. The summed E-state index contributed by atoms with van der Waals surface area (Å²) in [5.74, 6) is -3.97. The summed E-state index contributed by atoms with van der Waals surface area (Å²) in [6.45, 7) is -0.491. The van der Waals surface area contributed by atoms with Crippen molar-refractivity contribution in [3.8, 4) is 5.69 Å². The number of para-hydroxylation sites is 2. The van der Waals surface area contributed by atoms with Gasteiger partial charge in [0.05, 0.1) is 23.3 Å². The quantitative estimate of drug-likeness (QED) is 0.467. The van der Waals surface area contributed by atoms with Gasteiger partial charge in [0.25, 0.3) is 5.91 Å². The van der Waals surface area contributed by atoms with E-state index in [-0.39, 0.29) is 24.1 Å². The van der Waals surface area contributed by atoms with Gasteiger partial charge in [0.2, 0.25) is 5.92 Å². The zero-order valence-corrected chi connectivity index (χ0v) is 17.4. The normalized spacial score (nSPS) is 19.3. The minimum absolute atomic E-state index is 0.163. The molecule has 1 spiro atoms. The average Bonchev–Trinajstić information content (AvgIpc) is 3.24. The lowest BCUT2D eigenvalue weighted by atomic mass is 9.80. The maximum Gasteiger partial charge on any atom is 0.331 e. The average molecular weight is 454 g/mol.